The molecule has 0 aliphatic rings. The van der Waals surface area contributed by atoms with Crippen LogP contribution < -0.4 is 14.4 Å². The van der Waals surface area contributed by atoms with Crippen LogP contribution in [0.5, 0.6) is 11.5 Å². The Bertz CT molecular complexity index is 2210. The Morgan fingerprint density at radius 2 is 0.836 bits per heavy atom. The molecule has 0 aliphatic heterocycles. The predicted molar refractivity (Wildman–Crippen MR) is 208 cm³/mol. The Balaban J connectivity index is 1.08. The van der Waals surface area contributed by atoms with Crippen molar-refractivity contribution in [2.75, 3.05) is 31.2 Å². The van der Waals surface area contributed by atoms with Crippen molar-refractivity contribution in [3.63, 3.8) is 0 Å². The molecule has 10 nitrogen and oxygen atoms in total. The lowest BCUT2D eigenvalue weighted by atomic mass is 10.0. The highest BCUT2D eigenvalue weighted by Crippen LogP contribution is 2.24. The van der Waals surface area contributed by atoms with Crippen LogP contribution in [0, 0.1) is 11.3 Å². The molecule has 0 bridgehead atoms. The number of carbonyl (C=O) groups excluding carboxylic acids is 4. The topological polar surface area (TPSA) is 138 Å². The Morgan fingerprint density at radius 3 is 1.22 bits per heavy atom. The van der Waals surface area contributed by atoms with Crippen molar-refractivity contribution in [1.29, 1.82) is 5.26 Å². The predicted octanol–water partition coefficient (Wildman–Crippen LogP) is 9.07. The lowest BCUT2D eigenvalue weighted by Crippen LogP contribution is -2.32. The highest BCUT2D eigenvalue weighted by molar-refractivity contribution is 6.49. The molecule has 0 heterocycles. The number of Topliss-reactive ketones (excluding diaryl/α,β-unsaturated/α-hetero) is 4. The van der Waals surface area contributed by atoms with Gasteiger partial charge in [0.25, 0.3) is 0 Å². The number of hydrogen-bond acceptors (Lipinski definition) is 10. The van der Waals surface area contributed by atoms with Crippen LogP contribution in [0.25, 0.3) is 0 Å². The second-order valence-corrected chi connectivity index (χ2v) is 12.2. The molecule has 0 saturated carbocycles. The monoisotopic (exact) mass is 726 g/mol. The molecule has 0 aliphatic carbocycles. The summed E-state index contributed by atoms with van der Waals surface area (Å²) in [5.74, 6) is -1.25. The first kappa shape index (κ1) is 37.3. The van der Waals surface area contributed by atoms with Gasteiger partial charge in [-0.3, -0.25) is 19.2 Å². The van der Waals surface area contributed by atoms with Crippen LogP contribution in [0.4, 0.5) is 17.1 Å². The molecule has 10 heteroatoms. The van der Waals surface area contributed by atoms with Crippen LogP contribution in [0.15, 0.2) is 168 Å². The minimum Gasteiger partial charge on any atom is -0.492 e. The number of anilines is 1. The number of rotatable bonds is 17. The molecular weight excluding hydrogens is 693 g/mol. The van der Waals surface area contributed by atoms with Gasteiger partial charge < -0.3 is 14.4 Å². The minimum absolute atomic E-state index is 0.275. The molecular formula is C45H34N4O6. The van der Waals surface area contributed by atoms with Crippen LogP contribution in [0.3, 0.4) is 0 Å². The summed E-state index contributed by atoms with van der Waals surface area (Å²) in [6.45, 7) is 1.53. The van der Waals surface area contributed by atoms with E-state index in [0.29, 0.717) is 65.9 Å². The molecule has 0 aromatic heterocycles. The quantitative estimate of drug-likeness (QED) is 0.0516. The van der Waals surface area contributed by atoms with Gasteiger partial charge in [-0.1, -0.05) is 60.7 Å². The molecule has 270 valence electrons. The summed E-state index contributed by atoms with van der Waals surface area (Å²) in [5, 5.41) is 17.6. The van der Waals surface area contributed by atoms with Gasteiger partial charge in [0.1, 0.15) is 24.7 Å². The molecule has 0 radical (unpaired) electrons. The number of nitriles is 1. The molecule has 0 fully saturated rings. The third-order valence-electron chi connectivity index (χ3n) is 8.47. The van der Waals surface area contributed by atoms with Crippen molar-refractivity contribution >= 4 is 40.2 Å². The van der Waals surface area contributed by atoms with Gasteiger partial charge in [-0.05, 0) is 97.1 Å². The summed E-state index contributed by atoms with van der Waals surface area (Å²) in [6.07, 6.45) is 0. The van der Waals surface area contributed by atoms with Crippen LogP contribution in [-0.2, 0) is 0 Å². The van der Waals surface area contributed by atoms with E-state index in [1.54, 1.807) is 133 Å². The van der Waals surface area contributed by atoms with Gasteiger partial charge in [0.05, 0.1) is 36.1 Å². The summed E-state index contributed by atoms with van der Waals surface area (Å²) in [4.78, 5) is 52.8. The van der Waals surface area contributed by atoms with Gasteiger partial charge in [0.2, 0.25) is 23.1 Å². The number of carbonyl (C=O) groups is 4. The van der Waals surface area contributed by atoms with Crippen molar-refractivity contribution in [2.24, 2.45) is 10.2 Å². The smallest absolute Gasteiger partial charge is 0.233 e. The number of hydrogen-bond donors (Lipinski definition) is 0. The van der Waals surface area contributed by atoms with Gasteiger partial charge in [0.15, 0.2) is 0 Å². The summed E-state index contributed by atoms with van der Waals surface area (Å²) < 4.78 is 12.1. The molecule has 0 spiro atoms. The second kappa shape index (κ2) is 18.3. The standard InChI is InChI=1S/C45H34N4O6/c46-31-32-11-17-37(18-12-32)47-48-38-19-21-39(22-20-38)49(27-29-54-40-23-13-35(14-24-40)44(52)42(50)33-7-3-1-4-8-33)28-30-55-41-25-15-36(16-26-41)45(53)43(51)34-9-5-2-6-10-34/h1-26H,27-30H2. The maximum Gasteiger partial charge on any atom is 0.233 e. The maximum atomic E-state index is 12.7. The van der Waals surface area contributed by atoms with Crippen molar-refractivity contribution in [3.8, 4) is 17.6 Å². The fourth-order valence-corrected chi connectivity index (χ4v) is 5.47. The summed E-state index contributed by atoms with van der Waals surface area (Å²) in [5.41, 5.74) is 3.91. The molecule has 55 heavy (non-hydrogen) atoms. The number of nitrogens with zero attached hydrogens (tertiary/aromatic N) is 4. The first-order chi connectivity index (χ1) is 26.9. The van der Waals surface area contributed by atoms with E-state index in [2.05, 4.69) is 21.2 Å². The molecule has 0 atom stereocenters. The van der Waals surface area contributed by atoms with E-state index in [-0.39, 0.29) is 11.1 Å². The second-order valence-electron chi connectivity index (χ2n) is 12.2. The lowest BCUT2D eigenvalue weighted by Gasteiger charge is -2.25. The molecule has 6 aromatic carbocycles. The average Bonchev–Trinajstić information content (AvgIpc) is 3.25. The van der Waals surface area contributed by atoms with Crippen molar-refractivity contribution < 1.29 is 28.7 Å². The normalized spacial score (nSPS) is 10.7. The van der Waals surface area contributed by atoms with Gasteiger partial charge in [-0.15, -0.1) is 0 Å². The molecule has 6 aromatic rings. The fraction of sp³-hybridized carbons (Fsp3) is 0.0889. The zero-order valence-corrected chi connectivity index (χ0v) is 29.6. The molecule has 0 unspecified atom stereocenters. The van der Waals surface area contributed by atoms with E-state index < -0.39 is 23.1 Å². The minimum atomic E-state index is -0.592. The Kier molecular flexibility index (Phi) is 12.4. The third-order valence-corrected chi connectivity index (χ3v) is 8.47. The molecule has 0 N–H and O–H groups in total. The number of benzene rings is 6. The molecule has 6 rings (SSSR count). The van der Waals surface area contributed by atoms with Crippen LogP contribution in [0.2, 0.25) is 0 Å². The van der Waals surface area contributed by atoms with E-state index >= 15 is 0 Å². The third kappa shape index (κ3) is 10.1. The zero-order chi connectivity index (χ0) is 38.4. The van der Waals surface area contributed by atoms with E-state index in [0.717, 1.165) is 5.69 Å². The van der Waals surface area contributed by atoms with E-state index in [1.807, 2.05) is 24.3 Å². The van der Waals surface area contributed by atoms with Gasteiger partial charge in [-0.25, -0.2) is 0 Å². The largest absolute Gasteiger partial charge is 0.492 e. The maximum absolute atomic E-state index is 12.7. The van der Waals surface area contributed by atoms with E-state index in [9.17, 15) is 19.2 Å². The van der Waals surface area contributed by atoms with Gasteiger partial charge >= 0.3 is 0 Å². The Labute approximate surface area is 317 Å². The summed E-state index contributed by atoms with van der Waals surface area (Å²) in [7, 11) is 0. The Hall–Kier alpha value is -7.51. The van der Waals surface area contributed by atoms with Crippen LogP contribution in [-0.4, -0.2) is 49.4 Å². The number of ether oxygens (including phenoxy) is 2. The van der Waals surface area contributed by atoms with Crippen LogP contribution in [0.1, 0.15) is 47.0 Å². The van der Waals surface area contributed by atoms with Gasteiger partial charge in [-0.2, -0.15) is 15.5 Å². The Morgan fingerprint density at radius 1 is 0.473 bits per heavy atom. The van der Waals surface area contributed by atoms with E-state index in [1.165, 1.54) is 0 Å². The highest BCUT2D eigenvalue weighted by atomic mass is 16.5. The molecule has 0 saturated heterocycles. The number of azo groups is 1. The van der Waals surface area contributed by atoms with Crippen molar-refractivity contribution in [1.82, 2.24) is 0 Å². The molecule has 0 amide bonds. The first-order valence-electron chi connectivity index (χ1n) is 17.4. The van der Waals surface area contributed by atoms with E-state index in [4.69, 9.17) is 14.7 Å². The summed E-state index contributed by atoms with van der Waals surface area (Å²) >= 11 is 0. The van der Waals surface area contributed by atoms with Crippen LogP contribution >= 0.6 is 0 Å². The lowest BCUT2D eigenvalue weighted by molar-refractivity contribution is 0.0817. The van der Waals surface area contributed by atoms with Gasteiger partial charge in [0, 0.05) is 27.9 Å². The first-order valence-corrected chi connectivity index (χ1v) is 17.4. The van der Waals surface area contributed by atoms with Crippen molar-refractivity contribution in [3.05, 3.63) is 186 Å². The van der Waals surface area contributed by atoms with Crippen molar-refractivity contribution in [2.45, 2.75) is 0 Å². The number of ketones is 4. The zero-order valence-electron chi connectivity index (χ0n) is 29.6. The summed E-state index contributed by atoms with van der Waals surface area (Å²) in [6, 6.07) is 46.2. The average molecular weight is 727 g/mol. The highest BCUT2D eigenvalue weighted by Gasteiger charge is 2.19. The SMILES string of the molecule is N#Cc1ccc(N=Nc2ccc(N(CCOc3ccc(C(=O)C(=O)c4ccccc4)cc3)CCOc3ccc(C(=O)C(=O)c4ccccc4)cc3)cc2)cc1. The fourth-order valence-electron chi connectivity index (χ4n) is 5.47.